The Bertz CT molecular complexity index is 443. The van der Waals surface area contributed by atoms with Crippen LogP contribution in [0, 0.1) is 5.82 Å². The van der Waals surface area contributed by atoms with Gasteiger partial charge in [-0.25, -0.2) is 4.39 Å². The van der Waals surface area contributed by atoms with E-state index in [9.17, 15) is 4.39 Å². The van der Waals surface area contributed by atoms with Gasteiger partial charge in [0.2, 0.25) is 0 Å². The van der Waals surface area contributed by atoms with Gasteiger partial charge in [-0.1, -0.05) is 19.1 Å². The molecule has 0 aromatic heterocycles. The molecule has 3 nitrogen and oxygen atoms in total. The first-order valence-electron chi connectivity index (χ1n) is 7.70. The first-order chi connectivity index (χ1) is 9.76. The Morgan fingerprint density at radius 2 is 2.10 bits per heavy atom. The number of nitrogens with zero attached hydrogens (tertiary/aromatic N) is 2. The average molecular weight is 277 g/mol. The van der Waals surface area contributed by atoms with Gasteiger partial charge in [0, 0.05) is 44.8 Å². The molecule has 3 fully saturated rings. The van der Waals surface area contributed by atoms with Gasteiger partial charge in [0.15, 0.2) is 0 Å². The maximum absolute atomic E-state index is 13.4. The Kier molecular flexibility index (Phi) is 4.34. The molecule has 1 N–H and O–H groups in total. The minimum atomic E-state index is -0.132. The van der Waals surface area contributed by atoms with Crippen molar-refractivity contribution >= 4 is 0 Å². The standard InChI is InChI=1S/C16H24FN3/c1-2-18-15(11-13-4-3-5-14(17)10-13)16-12-19-6-8-20(16)9-7-19/h3-5,10,15-16,18H,2,6-9,11-12H2,1H3. The molecule has 0 saturated carbocycles. The predicted molar refractivity (Wildman–Crippen MR) is 79.4 cm³/mol. The second-order valence-corrected chi connectivity index (χ2v) is 5.90. The molecular formula is C16H24FN3. The van der Waals surface area contributed by atoms with Gasteiger partial charge in [0.1, 0.15) is 5.82 Å². The summed E-state index contributed by atoms with van der Waals surface area (Å²) in [5.74, 6) is -0.132. The van der Waals surface area contributed by atoms with E-state index < -0.39 is 0 Å². The minimum Gasteiger partial charge on any atom is -0.312 e. The Morgan fingerprint density at radius 1 is 1.30 bits per heavy atom. The Labute approximate surface area is 120 Å². The third-order valence-electron chi connectivity index (χ3n) is 4.60. The van der Waals surface area contributed by atoms with E-state index in [1.807, 2.05) is 12.1 Å². The van der Waals surface area contributed by atoms with Crippen molar-refractivity contribution in [2.75, 3.05) is 39.3 Å². The van der Waals surface area contributed by atoms with Gasteiger partial charge in [-0.15, -0.1) is 0 Å². The second kappa shape index (κ2) is 6.20. The van der Waals surface area contributed by atoms with E-state index >= 15 is 0 Å². The number of fused-ring (bicyclic) bond motifs is 3. The van der Waals surface area contributed by atoms with Crippen molar-refractivity contribution in [2.24, 2.45) is 0 Å². The van der Waals surface area contributed by atoms with Gasteiger partial charge in [-0.05, 0) is 30.7 Å². The maximum Gasteiger partial charge on any atom is 0.123 e. The van der Waals surface area contributed by atoms with Crippen LogP contribution in [0.25, 0.3) is 0 Å². The maximum atomic E-state index is 13.4. The number of hydrogen-bond acceptors (Lipinski definition) is 3. The predicted octanol–water partition coefficient (Wildman–Crippen LogP) is 1.35. The monoisotopic (exact) mass is 277 g/mol. The van der Waals surface area contributed by atoms with E-state index in [-0.39, 0.29) is 5.82 Å². The Morgan fingerprint density at radius 3 is 2.70 bits per heavy atom. The molecule has 4 rings (SSSR count). The zero-order valence-corrected chi connectivity index (χ0v) is 12.2. The summed E-state index contributed by atoms with van der Waals surface area (Å²) in [5, 5.41) is 3.61. The highest BCUT2D eigenvalue weighted by molar-refractivity contribution is 5.18. The van der Waals surface area contributed by atoms with Crippen LogP contribution in [0.2, 0.25) is 0 Å². The fourth-order valence-corrected chi connectivity index (χ4v) is 3.56. The molecule has 2 bridgehead atoms. The van der Waals surface area contributed by atoms with Crippen molar-refractivity contribution in [3.8, 4) is 0 Å². The topological polar surface area (TPSA) is 18.5 Å². The van der Waals surface area contributed by atoms with Gasteiger partial charge in [-0.3, -0.25) is 9.80 Å². The second-order valence-electron chi connectivity index (χ2n) is 5.90. The largest absolute Gasteiger partial charge is 0.312 e. The highest BCUT2D eigenvalue weighted by atomic mass is 19.1. The molecule has 3 heterocycles. The van der Waals surface area contributed by atoms with Crippen LogP contribution in [0.1, 0.15) is 12.5 Å². The van der Waals surface area contributed by atoms with Gasteiger partial charge in [0.25, 0.3) is 0 Å². The highest BCUT2D eigenvalue weighted by Crippen LogP contribution is 2.20. The lowest BCUT2D eigenvalue weighted by atomic mass is 9.94. The van der Waals surface area contributed by atoms with Crippen LogP contribution in [0.15, 0.2) is 24.3 Å². The molecule has 4 heteroatoms. The van der Waals surface area contributed by atoms with Gasteiger partial charge in [0.05, 0.1) is 0 Å². The summed E-state index contributed by atoms with van der Waals surface area (Å²) in [5.41, 5.74) is 1.09. The van der Waals surface area contributed by atoms with Crippen LogP contribution in [0.5, 0.6) is 0 Å². The molecule has 0 aliphatic carbocycles. The lowest BCUT2D eigenvalue weighted by Crippen LogP contribution is -2.66. The van der Waals surface area contributed by atoms with Gasteiger partial charge < -0.3 is 5.32 Å². The van der Waals surface area contributed by atoms with E-state index in [0.29, 0.717) is 12.1 Å². The smallest absolute Gasteiger partial charge is 0.123 e. The molecule has 0 spiro atoms. The molecule has 1 aromatic carbocycles. The van der Waals surface area contributed by atoms with E-state index in [1.54, 1.807) is 6.07 Å². The van der Waals surface area contributed by atoms with E-state index in [2.05, 4.69) is 22.0 Å². The highest BCUT2D eigenvalue weighted by Gasteiger charge is 2.36. The first kappa shape index (κ1) is 14.0. The lowest BCUT2D eigenvalue weighted by Gasteiger charge is -2.50. The molecule has 0 amide bonds. The molecule has 110 valence electrons. The molecule has 20 heavy (non-hydrogen) atoms. The van der Waals surface area contributed by atoms with Crippen LogP contribution in [-0.4, -0.2) is 61.2 Å². The van der Waals surface area contributed by atoms with Crippen LogP contribution in [-0.2, 0) is 6.42 Å². The number of halogens is 1. The van der Waals surface area contributed by atoms with Crippen molar-refractivity contribution in [2.45, 2.75) is 25.4 Å². The zero-order valence-electron chi connectivity index (χ0n) is 12.2. The molecule has 0 radical (unpaired) electrons. The number of rotatable bonds is 5. The number of piperazine rings is 3. The normalized spacial score (nSPS) is 30.4. The van der Waals surface area contributed by atoms with Gasteiger partial charge >= 0.3 is 0 Å². The van der Waals surface area contributed by atoms with Crippen molar-refractivity contribution in [3.05, 3.63) is 35.6 Å². The van der Waals surface area contributed by atoms with Crippen LogP contribution >= 0.6 is 0 Å². The fraction of sp³-hybridized carbons (Fsp3) is 0.625. The van der Waals surface area contributed by atoms with Crippen molar-refractivity contribution < 1.29 is 4.39 Å². The average Bonchev–Trinajstić information content (AvgIpc) is 2.48. The third-order valence-corrected chi connectivity index (χ3v) is 4.60. The number of nitrogens with one attached hydrogen (secondary N) is 1. The summed E-state index contributed by atoms with van der Waals surface area (Å²) in [6.07, 6.45) is 0.903. The number of hydrogen-bond donors (Lipinski definition) is 1. The van der Waals surface area contributed by atoms with E-state index in [1.165, 1.54) is 32.2 Å². The SMILES string of the molecule is CCNC(Cc1cccc(F)c1)C1CN2CCN1CC2. The van der Waals surface area contributed by atoms with Crippen molar-refractivity contribution in [1.82, 2.24) is 15.1 Å². The van der Waals surface area contributed by atoms with Crippen molar-refractivity contribution in [3.63, 3.8) is 0 Å². The third kappa shape index (κ3) is 3.03. The van der Waals surface area contributed by atoms with Crippen LogP contribution in [0.4, 0.5) is 4.39 Å². The van der Waals surface area contributed by atoms with Crippen molar-refractivity contribution in [1.29, 1.82) is 0 Å². The fourth-order valence-electron chi connectivity index (χ4n) is 3.56. The van der Waals surface area contributed by atoms with Crippen LogP contribution < -0.4 is 5.32 Å². The van der Waals surface area contributed by atoms with Crippen LogP contribution in [0.3, 0.4) is 0 Å². The molecule has 2 unspecified atom stereocenters. The first-order valence-corrected chi connectivity index (χ1v) is 7.70. The summed E-state index contributed by atoms with van der Waals surface area (Å²) >= 11 is 0. The van der Waals surface area contributed by atoms with E-state index in [4.69, 9.17) is 0 Å². The number of likely N-dealkylation sites (N-methyl/N-ethyl adjacent to an activating group) is 1. The summed E-state index contributed by atoms with van der Waals surface area (Å²) in [7, 11) is 0. The molecule has 1 aromatic rings. The molecule has 3 aliphatic heterocycles. The Hall–Kier alpha value is -0.970. The lowest BCUT2D eigenvalue weighted by molar-refractivity contribution is -0.00289. The van der Waals surface area contributed by atoms with E-state index in [0.717, 1.165) is 25.1 Å². The molecular weight excluding hydrogens is 253 g/mol. The summed E-state index contributed by atoms with van der Waals surface area (Å²) < 4.78 is 13.4. The zero-order chi connectivity index (χ0) is 13.9. The Balaban J connectivity index is 1.72. The summed E-state index contributed by atoms with van der Waals surface area (Å²) in [4.78, 5) is 5.16. The molecule has 3 saturated heterocycles. The quantitative estimate of drug-likeness (QED) is 0.876. The number of benzene rings is 1. The van der Waals surface area contributed by atoms with Gasteiger partial charge in [-0.2, -0.15) is 0 Å². The minimum absolute atomic E-state index is 0.132. The molecule has 3 aliphatic rings. The summed E-state index contributed by atoms with van der Waals surface area (Å²) in [6, 6.07) is 7.99. The summed E-state index contributed by atoms with van der Waals surface area (Å²) in [6.45, 7) is 9.02. The molecule has 2 atom stereocenters.